The van der Waals surface area contributed by atoms with Crippen LogP contribution in [0, 0.1) is 36.5 Å². The molecule has 19 heavy (non-hydrogen) atoms. The summed E-state index contributed by atoms with van der Waals surface area (Å²) >= 11 is 0. The summed E-state index contributed by atoms with van der Waals surface area (Å²) in [5, 5.41) is 4.12. The molecule has 4 aliphatic rings. The van der Waals surface area contributed by atoms with Crippen molar-refractivity contribution in [2.24, 2.45) is 35.3 Å². The molecule has 0 aromatic carbocycles. The summed E-state index contributed by atoms with van der Waals surface area (Å²) < 4.78 is 5.56. The molecule has 3 nitrogen and oxygen atoms in total. The zero-order valence-electron chi connectivity index (χ0n) is 11.8. The molecule has 0 amide bonds. The maximum Gasteiger partial charge on any atom is 0.141 e. The van der Waals surface area contributed by atoms with E-state index in [0.29, 0.717) is 6.54 Å². The Bertz CT molecular complexity index is 451. The quantitative estimate of drug-likeness (QED) is 0.908. The maximum atomic E-state index is 5.85. The van der Waals surface area contributed by atoms with Gasteiger partial charge >= 0.3 is 0 Å². The van der Waals surface area contributed by atoms with E-state index in [1.165, 1.54) is 32.1 Å². The first-order chi connectivity index (χ1) is 9.24. The lowest BCUT2D eigenvalue weighted by Crippen LogP contribution is -2.45. The summed E-state index contributed by atoms with van der Waals surface area (Å²) in [7, 11) is 0. The molecule has 3 heteroatoms. The molecule has 4 fully saturated rings. The van der Waals surface area contributed by atoms with Crippen molar-refractivity contribution in [1.82, 2.24) is 5.16 Å². The van der Waals surface area contributed by atoms with Gasteiger partial charge in [0.1, 0.15) is 5.76 Å². The number of nitrogens with zero attached hydrogens (tertiary/aromatic N) is 1. The first-order valence-corrected chi connectivity index (χ1v) is 7.88. The molecular formula is C16H24N2O. The Hall–Kier alpha value is -0.830. The average molecular weight is 260 g/mol. The molecule has 4 aliphatic carbocycles. The van der Waals surface area contributed by atoms with Gasteiger partial charge in [-0.15, -0.1) is 0 Å². The molecule has 5 rings (SSSR count). The van der Waals surface area contributed by atoms with E-state index < -0.39 is 0 Å². The van der Waals surface area contributed by atoms with Gasteiger partial charge < -0.3 is 10.3 Å². The van der Waals surface area contributed by atoms with Gasteiger partial charge in [-0.25, -0.2) is 0 Å². The summed E-state index contributed by atoms with van der Waals surface area (Å²) in [6, 6.07) is 0. The third-order valence-corrected chi connectivity index (χ3v) is 6.11. The van der Waals surface area contributed by atoms with E-state index in [2.05, 4.69) is 5.16 Å². The average Bonchev–Trinajstić information content (AvgIpc) is 2.73. The van der Waals surface area contributed by atoms with Crippen molar-refractivity contribution in [3.63, 3.8) is 0 Å². The van der Waals surface area contributed by atoms with Crippen LogP contribution in [-0.2, 0) is 13.0 Å². The normalized spacial score (nSPS) is 40.0. The van der Waals surface area contributed by atoms with Gasteiger partial charge in [0.2, 0.25) is 0 Å². The molecule has 4 saturated carbocycles. The van der Waals surface area contributed by atoms with Crippen LogP contribution in [0.1, 0.15) is 49.1 Å². The van der Waals surface area contributed by atoms with Crippen molar-refractivity contribution in [2.45, 2.75) is 52.0 Å². The van der Waals surface area contributed by atoms with Crippen LogP contribution in [0.4, 0.5) is 0 Å². The molecule has 0 spiro atoms. The summed E-state index contributed by atoms with van der Waals surface area (Å²) in [5.41, 5.74) is 7.99. The number of aryl methyl sites for hydroxylation is 1. The second-order valence-electron chi connectivity index (χ2n) is 7.17. The number of rotatable bonds is 3. The Kier molecular flexibility index (Phi) is 2.73. The van der Waals surface area contributed by atoms with Gasteiger partial charge in [0.05, 0.1) is 5.69 Å². The van der Waals surface area contributed by atoms with Crippen LogP contribution in [0.25, 0.3) is 0 Å². The Morgan fingerprint density at radius 3 is 2.32 bits per heavy atom. The van der Waals surface area contributed by atoms with E-state index in [4.69, 9.17) is 10.3 Å². The largest absolute Gasteiger partial charge is 0.361 e. The van der Waals surface area contributed by atoms with E-state index in [9.17, 15) is 0 Å². The Morgan fingerprint density at radius 1 is 1.11 bits per heavy atom. The zero-order valence-corrected chi connectivity index (χ0v) is 11.8. The second-order valence-corrected chi connectivity index (χ2v) is 7.17. The Morgan fingerprint density at radius 2 is 1.74 bits per heavy atom. The van der Waals surface area contributed by atoms with E-state index in [1.54, 1.807) is 0 Å². The fraction of sp³-hybridized carbons (Fsp3) is 0.812. The maximum absolute atomic E-state index is 5.85. The number of hydrogen-bond donors (Lipinski definition) is 1. The molecule has 0 atom stereocenters. The topological polar surface area (TPSA) is 52.0 Å². The van der Waals surface area contributed by atoms with Gasteiger partial charge in [-0.05, 0) is 68.6 Å². The smallest absolute Gasteiger partial charge is 0.141 e. The van der Waals surface area contributed by atoms with Crippen molar-refractivity contribution < 1.29 is 4.52 Å². The van der Waals surface area contributed by atoms with Crippen molar-refractivity contribution in [3.8, 4) is 0 Å². The molecule has 1 aromatic heterocycles. The minimum atomic E-state index is 0.567. The third kappa shape index (κ3) is 1.85. The van der Waals surface area contributed by atoms with Gasteiger partial charge in [-0.3, -0.25) is 0 Å². The molecule has 0 radical (unpaired) electrons. The summed E-state index contributed by atoms with van der Waals surface area (Å²) in [5.74, 6) is 5.91. The van der Waals surface area contributed by atoms with Crippen LogP contribution in [-0.4, -0.2) is 5.16 Å². The highest BCUT2D eigenvalue weighted by Gasteiger charge is 2.48. The molecule has 0 unspecified atom stereocenters. The van der Waals surface area contributed by atoms with Crippen molar-refractivity contribution >= 4 is 0 Å². The lowest BCUT2D eigenvalue weighted by Gasteiger charge is -2.54. The van der Waals surface area contributed by atoms with Crippen molar-refractivity contribution in [2.75, 3.05) is 0 Å². The molecule has 4 bridgehead atoms. The Labute approximate surface area is 114 Å². The number of nitrogens with two attached hydrogens (primary N) is 1. The number of hydrogen-bond acceptors (Lipinski definition) is 3. The van der Waals surface area contributed by atoms with Crippen LogP contribution in [0.2, 0.25) is 0 Å². The SMILES string of the molecule is Cc1noc(CC2C3CC4CC(C3)CC2C4)c1CN. The van der Waals surface area contributed by atoms with Crippen LogP contribution in [0.15, 0.2) is 4.52 Å². The second kappa shape index (κ2) is 4.34. The minimum Gasteiger partial charge on any atom is -0.361 e. The summed E-state index contributed by atoms with van der Waals surface area (Å²) in [4.78, 5) is 0. The third-order valence-electron chi connectivity index (χ3n) is 6.11. The van der Waals surface area contributed by atoms with Gasteiger partial charge in [-0.1, -0.05) is 5.16 Å². The van der Waals surface area contributed by atoms with Crippen LogP contribution >= 0.6 is 0 Å². The predicted molar refractivity (Wildman–Crippen MR) is 73.4 cm³/mol. The van der Waals surface area contributed by atoms with Gasteiger partial charge in [0.15, 0.2) is 0 Å². The molecule has 0 aliphatic heterocycles. The lowest BCUT2D eigenvalue weighted by atomic mass is 9.51. The van der Waals surface area contributed by atoms with Gasteiger partial charge in [-0.2, -0.15) is 0 Å². The summed E-state index contributed by atoms with van der Waals surface area (Å²) in [6.07, 6.45) is 8.51. The van der Waals surface area contributed by atoms with Crippen molar-refractivity contribution in [3.05, 3.63) is 17.0 Å². The fourth-order valence-corrected chi connectivity index (χ4v) is 5.44. The van der Waals surface area contributed by atoms with Crippen molar-refractivity contribution in [1.29, 1.82) is 0 Å². The van der Waals surface area contributed by atoms with E-state index in [1.807, 2.05) is 6.92 Å². The molecular weight excluding hydrogens is 236 g/mol. The number of aromatic nitrogens is 1. The van der Waals surface area contributed by atoms with E-state index in [0.717, 1.165) is 53.0 Å². The molecule has 1 heterocycles. The van der Waals surface area contributed by atoms with Crippen LogP contribution in [0.5, 0.6) is 0 Å². The highest BCUT2D eigenvalue weighted by atomic mass is 16.5. The predicted octanol–water partition coefficient (Wildman–Crippen LogP) is 3.06. The standard InChI is InChI=1S/C16H24N2O/c1-9-15(8-17)16(19-18-9)7-14-12-3-10-2-11(5-12)6-13(14)4-10/h10-14H,2-8,17H2,1H3. The van der Waals surface area contributed by atoms with Crippen LogP contribution < -0.4 is 5.73 Å². The molecule has 1 aromatic rings. The molecule has 0 saturated heterocycles. The van der Waals surface area contributed by atoms with Gasteiger partial charge in [0.25, 0.3) is 0 Å². The monoisotopic (exact) mass is 260 g/mol. The molecule has 2 N–H and O–H groups in total. The van der Waals surface area contributed by atoms with Crippen LogP contribution in [0.3, 0.4) is 0 Å². The molecule has 104 valence electrons. The van der Waals surface area contributed by atoms with Gasteiger partial charge in [0, 0.05) is 18.5 Å². The minimum absolute atomic E-state index is 0.567. The zero-order chi connectivity index (χ0) is 13.0. The highest BCUT2D eigenvalue weighted by molar-refractivity contribution is 5.22. The lowest BCUT2D eigenvalue weighted by molar-refractivity contribution is -0.0382. The first-order valence-electron chi connectivity index (χ1n) is 7.88. The fourth-order valence-electron chi connectivity index (χ4n) is 5.44. The van der Waals surface area contributed by atoms with E-state index in [-0.39, 0.29) is 0 Å². The summed E-state index contributed by atoms with van der Waals surface area (Å²) in [6.45, 7) is 2.57. The Balaban J connectivity index is 1.56. The first kappa shape index (κ1) is 12.0. The highest BCUT2D eigenvalue weighted by Crippen LogP contribution is 2.57. The van der Waals surface area contributed by atoms with E-state index >= 15 is 0 Å².